The van der Waals surface area contributed by atoms with E-state index in [1.807, 2.05) is 13.8 Å². The zero-order valence-corrected chi connectivity index (χ0v) is 21.0. The van der Waals surface area contributed by atoms with Crippen molar-refractivity contribution in [3.05, 3.63) is 46.7 Å². The van der Waals surface area contributed by atoms with E-state index in [2.05, 4.69) is 20.8 Å². The second-order valence-electron chi connectivity index (χ2n) is 7.52. The fourth-order valence-corrected chi connectivity index (χ4v) is 4.35. The number of hydrogen-bond acceptors (Lipinski definition) is 9. The highest BCUT2D eigenvalue weighted by molar-refractivity contribution is 7.46. The number of hydrogen-bond donors (Lipinski definition) is 3. The molecule has 4 N–H and O–H groups in total. The predicted octanol–water partition coefficient (Wildman–Crippen LogP) is 4.14. The molecule has 0 spiro atoms. The Hall–Kier alpha value is -2.62. The van der Waals surface area contributed by atoms with Crippen LogP contribution in [0.1, 0.15) is 19.4 Å². The number of halogens is 2. The summed E-state index contributed by atoms with van der Waals surface area (Å²) in [7, 11) is -4.67. The molecule has 14 heteroatoms. The Labute approximate surface area is 209 Å². The number of benzene rings is 2. The summed E-state index contributed by atoms with van der Waals surface area (Å²) in [5, 5.41) is 18.7. The van der Waals surface area contributed by atoms with Gasteiger partial charge in [-0.2, -0.15) is 5.26 Å². The van der Waals surface area contributed by atoms with Crippen LogP contribution >= 0.6 is 30.8 Å². The lowest BCUT2D eigenvalue weighted by atomic mass is 10.1. The van der Waals surface area contributed by atoms with Crippen LogP contribution in [0, 0.1) is 17.1 Å². The molecule has 3 rings (SSSR count). The Morgan fingerprint density at radius 1 is 1.20 bits per heavy atom. The average molecular weight is 543 g/mol. The smallest absolute Gasteiger partial charge is 0.469 e. The third kappa shape index (κ3) is 7.43. The molecule has 0 amide bonds. The second-order valence-corrected chi connectivity index (χ2v) is 10.1. The number of nitrogens with two attached hydrogens (primary N) is 1. The van der Waals surface area contributed by atoms with Gasteiger partial charge >= 0.3 is 7.82 Å². The number of phosphoric ester groups is 1. The topological polar surface area (TPSA) is 161 Å². The lowest BCUT2D eigenvalue weighted by molar-refractivity contribution is 0.164. The molecule has 1 heterocycles. The summed E-state index contributed by atoms with van der Waals surface area (Å²) in [4.78, 5) is 17.4. The molecular weight excluding hydrogens is 522 g/mol. The molecule has 0 saturated carbocycles. The van der Waals surface area contributed by atoms with E-state index in [0.29, 0.717) is 26.9 Å². The first-order valence-corrected chi connectivity index (χ1v) is 12.8. The third-order valence-corrected chi connectivity index (χ3v) is 6.10. The highest BCUT2D eigenvalue weighted by Crippen LogP contribution is 2.38. The summed E-state index contributed by atoms with van der Waals surface area (Å²) >= 11 is 7.48. The minimum absolute atomic E-state index is 0.0890. The number of rotatable bonds is 10. The normalized spacial score (nSPS) is 12.4. The molecule has 2 aromatic carbocycles. The van der Waals surface area contributed by atoms with Crippen molar-refractivity contribution in [3.8, 4) is 38.7 Å². The van der Waals surface area contributed by atoms with E-state index in [0.717, 1.165) is 17.4 Å². The van der Waals surface area contributed by atoms with Crippen LogP contribution in [-0.4, -0.2) is 45.3 Å². The van der Waals surface area contributed by atoms with Crippen molar-refractivity contribution in [3.63, 3.8) is 0 Å². The summed E-state index contributed by atoms with van der Waals surface area (Å²) in [6.07, 6.45) is -0.0890. The molecule has 186 valence electrons. The van der Waals surface area contributed by atoms with Gasteiger partial charge in [0.15, 0.2) is 11.6 Å². The number of phosphoric acid groups is 1. The lowest BCUT2D eigenvalue weighted by Crippen LogP contribution is -2.32. The maximum atomic E-state index is 14.6. The SMILES string of the molecule is CC(C)Oc1ccc(-c2nnc(-c3cc(F)c(OCC(N)COP(=O)(O)O)cc3Cl)s2)cc1C#N. The fraction of sp³-hybridized carbons (Fsp3) is 0.286. The first-order valence-electron chi connectivity index (χ1n) is 10.1. The van der Waals surface area contributed by atoms with E-state index in [9.17, 15) is 14.2 Å². The number of aromatic nitrogens is 2. The molecule has 0 aliphatic carbocycles. The first-order chi connectivity index (χ1) is 16.5. The first kappa shape index (κ1) is 27.0. The monoisotopic (exact) mass is 542 g/mol. The number of ether oxygens (including phenoxy) is 2. The average Bonchev–Trinajstić information content (AvgIpc) is 3.27. The van der Waals surface area contributed by atoms with Gasteiger partial charge in [-0.1, -0.05) is 22.9 Å². The Kier molecular flexibility index (Phi) is 8.79. The second kappa shape index (κ2) is 11.4. The summed E-state index contributed by atoms with van der Waals surface area (Å²) in [5.41, 5.74) is 6.94. The van der Waals surface area contributed by atoms with Crippen molar-refractivity contribution < 1.29 is 32.7 Å². The maximum absolute atomic E-state index is 14.6. The van der Waals surface area contributed by atoms with Crippen molar-refractivity contribution in [2.75, 3.05) is 13.2 Å². The Balaban J connectivity index is 1.76. The van der Waals surface area contributed by atoms with Gasteiger partial charge in [-0.05, 0) is 38.1 Å². The van der Waals surface area contributed by atoms with E-state index in [4.69, 9.17) is 36.6 Å². The van der Waals surface area contributed by atoms with Gasteiger partial charge in [0.25, 0.3) is 0 Å². The molecule has 3 aromatic rings. The van der Waals surface area contributed by atoms with Gasteiger partial charge in [0.05, 0.1) is 29.3 Å². The van der Waals surface area contributed by atoms with Crippen LogP contribution < -0.4 is 15.2 Å². The molecule has 0 aliphatic rings. The summed E-state index contributed by atoms with van der Waals surface area (Å²) in [6, 6.07) is 8.64. The third-order valence-electron chi connectivity index (χ3n) is 4.30. The lowest BCUT2D eigenvalue weighted by Gasteiger charge is -2.15. The molecule has 1 atom stereocenters. The predicted molar refractivity (Wildman–Crippen MR) is 128 cm³/mol. The summed E-state index contributed by atoms with van der Waals surface area (Å²) in [5.74, 6) is -0.481. The van der Waals surface area contributed by atoms with Crippen LogP contribution in [0.15, 0.2) is 30.3 Å². The van der Waals surface area contributed by atoms with E-state index in [1.54, 1.807) is 18.2 Å². The molecule has 0 saturated heterocycles. The van der Waals surface area contributed by atoms with Gasteiger partial charge in [-0.3, -0.25) is 4.52 Å². The maximum Gasteiger partial charge on any atom is 0.469 e. The van der Waals surface area contributed by atoms with E-state index in [1.165, 1.54) is 6.07 Å². The molecule has 1 unspecified atom stereocenters. The van der Waals surface area contributed by atoms with Gasteiger partial charge in [0.1, 0.15) is 28.4 Å². The quantitative estimate of drug-likeness (QED) is 0.317. The van der Waals surface area contributed by atoms with Crippen molar-refractivity contribution in [1.29, 1.82) is 5.26 Å². The minimum Gasteiger partial charge on any atom is -0.490 e. The van der Waals surface area contributed by atoms with Gasteiger partial charge in [-0.15, -0.1) is 10.2 Å². The van der Waals surface area contributed by atoms with Gasteiger partial charge < -0.3 is 25.0 Å². The fourth-order valence-electron chi connectivity index (χ4n) is 2.80. The standard InChI is InChI=1S/C21H21ClFN4O6PS/c1-11(2)33-18-4-3-12(5-13(18)8-24)20-26-27-21(35-20)15-6-17(23)19(7-16(15)22)31-9-14(25)10-32-34(28,29)30/h3-7,11,14H,9-10,25H2,1-2H3,(H2,28,29,30). The van der Waals surface area contributed by atoms with Crippen LogP contribution in [0.3, 0.4) is 0 Å². The van der Waals surface area contributed by atoms with Gasteiger partial charge in [0, 0.05) is 17.2 Å². The van der Waals surface area contributed by atoms with E-state index >= 15 is 0 Å². The largest absolute Gasteiger partial charge is 0.490 e. The summed E-state index contributed by atoms with van der Waals surface area (Å²) < 4.78 is 40.6. The Morgan fingerprint density at radius 2 is 1.91 bits per heavy atom. The van der Waals surface area contributed by atoms with Gasteiger partial charge in [-0.25, -0.2) is 8.96 Å². The molecule has 0 aliphatic heterocycles. The Bertz CT molecular complexity index is 1300. The van der Waals surface area contributed by atoms with Crippen LogP contribution in [0.25, 0.3) is 21.1 Å². The molecule has 0 radical (unpaired) electrons. The molecule has 10 nitrogen and oxygen atoms in total. The van der Waals surface area contributed by atoms with Crippen molar-refractivity contribution in [1.82, 2.24) is 10.2 Å². The Morgan fingerprint density at radius 3 is 2.57 bits per heavy atom. The van der Waals surface area contributed by atoms with Crippen molar-refractivity contribution >= 4 is 30.8 Å². The van der Waals surface area contributed by atoms with Crippen LogP contribution in [0.2, 0.25) is 5.02 Å². The zero-order chi connectivity index (χ0) is 25.8. The van der Waals surface area contributed by atoms with E-state index in [-0.39, 0.29) is 29.0 Å². The van der Waals surface area contributed by atoms with Crippen molar-refractivity contribution in [2.45, 2.75) is 26.0 Å². The number of nitrogens with zero attached hydrogens (tertiary/aromatic N) is 3. The van der Waals surface area contributed by atoms with E-state index < -0.39 is 26.3 Å². The molecule has 0 fully saturated rings. The molecule has 1 aromatic heterocycles. The van der Waals surface area contributed by atoms with Crippen molar-refractivity contribution in [2.24, 2.45) is 5.73 Å². The molecular formula is C21H21ClFN4O6PS. The highest BCUT2D eigenvalue weighted by Gasteiger charge is 2.19. The summed E-state index contributed by atoms with van der Waals surface area (Å²) in [6.45, 7) is 2.97. The number of nitriles is 1. The van der Waals surface area contributed by atoms with Gasteiger partial charge in [0.2, 0.25) is 0 Å². The molecule has 35 heavy (non-hydrogen) atoms. The van der Waals surface area contributed by atoms with Crippen LogP contribution in [0.5, 0.6) is 11.5 Å². The van der Waals surface area contributed by atoms with Crippen LogP contribution in [-0.2, 0) is 9.09 Å². The zero-order valence-electron chi connectivity index (χ0n) is 18.5. The minimum atomic E-state index is -4.67. The highest BCUT2D eigenvalue weighted by atomic mass is 35.5. The molecule has 0 bridgehead atoms. The van der Waals surface area contributed by atoms with Crippen LogP contribution in [0.4, 0.5) is 4.39 Å².